The molecule has 0 N–H and O–H groups in total. The van der Waals surface area contributed by atoms with Gasteiger partial charge in [0.2, 0.25) is 0 Å². The van der Waals surface area contributed by atoms with Crippen LogP contribution in [0, 0.1) is 13.8 Å². The van der Waals surface area contributed by atoms with Crippen LogP contribution in [-0.4, -0.2) is 9.55 Å². The lowest BCUT2D eigenvalue weighted by Crippen LogP contribution is -2.08. The Kier molecular flexibility index (Phi) is 4.43. The van der Waals surface area contributed by atoms with Crippen molar-refractivity contribution in [2.75, 3.05) is 0 Å². The molecule has 132 valence electrons. The van der Waals surface area contributed by atoms with Crippen LogP contribution >= 0.6 is 11.6 Å². The molecular weight excluding hydrogens is 348 g/mol. The van der Waals surface area contributed by atoms with Gasteiger partial charge in [0.25, 0.3) is 0 Å². The van der Waals surface area contributed by atoms with E-state index < -0.39 is 0 Å². The van der Waals surface area contributed by atoms with Crippen molar-refractivity contribution >= 4 is 22.6 Å². The molecule has 0 aliphatic carbocycles. The summed E-state index contributed by atoms with van der Waals surface area (Å²) in [6, 6.07) is 15.6. The number of hydrogen-bond donors (Lipinski definition) is 0. The molecule has 5 heteroatoms. The van der Waals surface area contributed by atoms with Crippen molar-refractivity contribution in [3.63, 3.8) is 0 Å². The molecule has 4 nitrogen and oxygen atoms in total. The van der Waals surface area contributed by atoms with E-state index in [9.17, 15) is 0 Å². The van der Waals surface area contributed by atoms with Gasteiger partial charge in [0.15, 0.2) is 0 Å². The van der Waals surface area contributed by atoms with Crippen molar-refractivity contribution in [3.8, 4) is 5.75 Å². The first kappa shape index (κ1) is 16.7. The number of aryl methyl sites for hydroxylation is 1. The zero-order valence-electron chi connectivity index (χ0n) is 14.7. The van der Waals surface area contributed by atoms with Crippen LogP contribution in [0.1, 0.15) is 22.7 Å². The second-order valence-corrected chi connectivity index (χ2v) is 6.75. The minimum Gasteiger partial charge on any atom is -0.485 e. The predicted molar refractivity (Wildman–Crippen MR) is 103 cm³/mol. The lowest BCUT2D eigenvalue weighted by molar-refractivity contribution is 0.288. The van der Waals surface area contributed by atoms with Gasteiger partial charge in [-0.25, -0.2) is 4.98 Å². The first-order valence-corrected chi connectivity index (χ1v) is 8.85. The van der Waals surface area contributed by atoms with E-state index in [-0.39, 0.29) is 0 Å². The quantitative estimate of drug-likeness (QED) is 0.466. The van der Waals surface area contributed by atoms with Crippen LogP contribution in [0.5, 0.6) is 5.75 Å². The van der Waals surface area contributed by atoms with E-state index in [2.05, 4.69) is 24.5 Å². The Labute approximate surface area is 157 Å². The smallest absolute Gasteiger partial charge is 0.148 e. The number of aromatic nitrogens is 2. The maximum atomic E-state index is 6.20. The molecular formula is C21H19ClN2O2. The monoisotopic (exact) mass is 366 g/mol. The van der Waals surface area contributed by atoms with Crippen molar-refractivity contribution in [2.24, 2.45) is 0 Å². The molecule has 4 rings (SSSR count). The molecule has 0 aliphatic heterocycles. The Bertz CT molecular complexity index is 1050. The van der Waals surface area contributed by atoms with Crippen LogP contribution in [-0.2, 0) is 13.2 Å². The summed E-state index contributed by atoms with van der Waals surface area (Å²) >= 11 is 6.20. The molecule has 0 bridgehead atoms. The fourth-order valence-electron chi connectivity index (χ4n) is 3.01. The highest BCUT2D eigenvalue weighted by molar-refractivity contribution is 6.31. The summed E-state index contributed by atoms with van der Waals surface area (Å²) in [5.41, 5.74) is 4.21. The van der Waals surface area contributed by atoms with Crippen molar-refractivity contribution in [2.45, 2.75) is 27.0 Å². The van der Waals surface area contributed by atoms with Crippen molar-refractivity contribution in [1.82, 2.24) is 9.55 Å². The third-order valence-corrected chi connectivity index (χ3v) is 4.83. The highest BCUT2D eigenvalue weighted by Crippen LogP contribution is 2.25. The Morgan fingerprint density at radius 2 is 2.00 bits per heavy atom. The summed E-state index contributed by atoms with van der Waals surface area (Å²) in [5.74, 6) is 2.57. The summed E-state index contributed by atoms with van der Waals surface area (Å²) in [4.78, 5) is 4.74. The highest BCUT2D eigenvalue weighted by atomic mass is 35.5. The summed E-state index contributed by atoms with van der Waals surface area (Å²) in [7, 11) is 0. The molecule has 2 aromatic heterocycles. The third-order valence-electron chi connectivity index (χ3n) is 4.60. The number of ether oxygens (including phenoxy) is 1. The Morgan fingerprint density at radius 1 is 1.12 bits per heavy atom. The lowest BCUT2D eigenvalue weighted by atomic mass is 10.1. The van der Waals surface area contributed by atoms with E-state index in [4.69, 9.17) is 25.7 Å². The molecule has 26 heavy (non-hydrogen) atoms. The second kappa shape index (κ2) is 6.89. The average molecular weight is 367 g/mol. The van der Waals surface area contributed by atoms with Crippen LogP contribution in [0.4, 0.5) is 0 Å². The van der Waals surface area contributed by atoms with E-state index >= 15 is 0 Å². The van der Waals surface area contributed by atoms with Gasteiger partial charge in [0.1, 0.15) is 23.9 Å². The van der Waals surface area contributed by atoms with Crippen molar-refractivity contribution in [3.05, 3.63) is 82.5 Å². The van der Waals surface area contributed by atoms with E-state index in [0.29, 0.717) is 18.2 Å². The van der Waals surface area contributed by atoms with Gasteiger partial charge >= 0.3 is 0 Å². The lowest BCUT2D eigenvalue weighted by Gasteiger charge is -2.12. The van der Waals surface area contributed by atoms with E-state index in [1.807, 2.05) is 42.5 Å². The maximum absolute atomic E-state index is 6.20. The number of imidazole rings is 1. The number of rotatable bonds is 5. The zero-order valence-corrected chi connectivity index (χ0v) is 15.5. The van der Waals surface area contributed by atoms with Gasteiger partial charge in [-0.1, -0.05) is 23.7 Å². The van der Waals surface area contributed by atoms with Crippen LogP contribution < -0.4 is 4.74 Å². The first-order chi connectivity index (χ1) is 12.6. The molecule has 0 spiro atoms. The van der Waals surface area contributed by atoms with Gasteiger partial charge < -0.3 is 13.7 Å². The molecule has 0 saturated carbocycles. The van der Waals surface area contributed by atoms with Gasteiger partial charge in [-0.05, 0) is 61.4 Å². The Hall–Kier alpha value is -2.72. The molecule has 0 amide bonds. The minimum atomic E-state index is 0.372. The molecule has 2 heterocycles. The van der Waals surface area contributed by atoms with Crippen molar-refractivity contribution < 1.29 is 9.15 Å². The van der Waals surface area contributed by atoms with Crippen LogP contribution in [0.15, 0.2) is 59.2 Å². The third kappa shape index (κ3) is 3.20. The fourth-order valence-corrected chi connectivity index (χ4v) is 3.18. The Morgan fingerprint density at radius 3 is 2.81 bits per heavy atom. The second-order valence-electron chi connectivity index (χ2n) is 6.31. The standard InChI is InChI=1S/C21H19ClN2O2/c1-14-5-3-7-20(15(14)2)26-13-21-23-18-9-8-16(22)11-19(18)24(21)12-17-6-4-10-25-17/h3-11H,12-13H2,1-2H3. The number of hydrogen-bond acceptors (Lipinski definition) is 3. The predicted octanol–water partition coefficient (Wildman–Crippen LogP) is 5.53. The molecule has 2 aromatic carbocycles. The summed E-state index contributed by atoms with van der Waals surface area (Å²) < 4.78 is 13.7. The number of fused-ring (bicyclic) bond motifs is 1. The number of nitrogens with zero attached hydrogens (tertiary/aromatic N) is 2. The Balaban J connectivity index is 1.70. The van der Waals surface area contributed by atoms with Gasteiger partial charge in [0, 0.05) is 5.02 Å². The van der Waals surface area contributed by atoms with E-state index in [1.54, 1.807) is 6.26 Å². The fraction of sp³-hybridized carbons (Fsp3) is 0.190. The van der Waals surface area contributed by atoms with Crippen LogP contribution in [0.3, 0.4) is 0 Å². The molecule has 0 aliphatic rings. The SMILES string of the molecule is Cc1cccc(OCc2nc3ccc(Cl)cc3n2Cc2ccco2)c1C. The topological polar surface area (TPSA) is 40.2 Å². The maximum Gasteiger partial charge on any atom is 0.148 e. The van der Waals surface area contributed by atoms with Crippen LogP contribution in [0.2, 0.25) is 5.02 Å². The van der Waals surface area contributed by atoms with E-state index in [0.717, 1.165) is 33.9 Å². The highest BCUT2D eigenvalue weighted by Gasteiger charge is 2.14. The molecule has 0 atom stereocenters. The van der Waals surface area contributed by atoms with Crippen molar-refractivity contribution in [1.29, 1.82) is 0 Å². The summed E-state index contributed by atoms with van der Waals surface area (Å²) in [6.07, 6.45) is 1.67. The van der Waals surface area contributed by atoms with E-state index in [1.165, 1.54) is 5.56 Å². The van der Waals surface area contributed by atoms with Gasteiger partial charge in [-0.2, -0.15) is 0 Å². The van der Waals surface area contributed by atoms with Crippen LogP contribution in [0.25, 0.3) is 11.0 Å². The first-order valence-electron chi connectivity index (χ1n) is 8.48. The normalized spacial score (nSPS) is 11.2. The van der Waals surface area contributed by atoms with Gasteiger partial charge in [-0.3, -0.25) is 0 Å². The number of halogens is 1. The molecule has 4 aromatic rings. The average Bonchev–Trinajstić information content (AvgIpc) is 3.25. The number of benzene rings is 2. The summed E-state index contributed by atoms with van der Waals surface area (Å²) in [6.45, 7) is 5.10. The molecule has 0 unspecified atom stereocenters. The zero-order chi connectivity index (χ0) is 18.1. The van der Waals surface area contributed by atoms with Gasteiger partial charge in [0.05, 0.1) is 23.8 Å². The summed E-state index contributed by atoms with van der Waals surface area (Å²) in [5, 5.41) is 0.681. The molecule has 0 saturated heterocycles. The van der Waals surface area contributed by atoms with Gasteiger partial charge in [-0.15, -0.1) is 0 Å². The molecule has 0 fully saturated rings. The largest absolute Gasteiger partial charge is 0.485 e. The molecule has 0 radical (unpaired) electrons. The minimum absolute atomic E-state index is 0.372. The number of furan rings is 1.